The molecule has 1 atom stereocenters. The van der Waals surface area contributed by atoms with E-state index in [1.54, 1.807) is 0 Å². The third-order valence-electron chi connectivity index (χ3n) is 3.53. The topological polar surface area (TPSA) is 27.0 Å². The summed E-state index contributed by atoms with van der Waals surface area (Å²) in [4.78, 5) is 2.06. The third-order valence-corrected chi connectivity index (χ3v) is 3.53. The summed E-state index contributed by atoms with van der Waals surface area (Å²) < 4.78 is 0. The number of nitrogens with zero attached hydrogens (tertiary/aromatic N) is 2. The van der Waals surface area contributed by atoms with Crippen LogP contribution in [-0.4, -0.2) is 14.1 Å². The fourth-order valence-electron chi connectivity index (χ4n) is 2.27. The Hall–Kier alpha value is -2.27. The van der Waals surface area contributed by atoms with E-state index in [9.17, 15) is 5.26 Å². The molecule has 2 aromatic carbocycles. The van der Waals surface area contributed by atoms with E-state index in [4.69, 9.17) is 0 Å². The highest BCUT2D eigenvalue weighted by molar-refractivity contribution is 5.47. The highest BCUT2D eigenvalue weighted by atomic mass is 15.1. The maximum Gasteiger partial charge on any atom is 0.0715 e. The van der Waals surface area contributed by atoms with Crippen molar-refractivity contribution in [2.45, 2.75) is 18.8 Å². The molecule has 0 N–H and O–H groups in total. The smallest absolute Gasteiger partial charge is 0.0715 e. The molecule has 0 fully saturated rings. The highest BCUT2D eigenvalue weighted by Gasteiger charge is 2.10. The summed E-state index contributed by atoms with van der Waals surface area (Å²) in [6.45, 7) is 0. The highest BCUT2D eigenvalue weighted by Crippen LogP contribution is 2.23. The summed E-state index contributed by atoms with van der Waals surface area (Å²) in [7, 11) is 4.04. The first-order valence-electron chi connectivity index (χ1n) is 6.91. The zero-order valence-corrected chi connectivity index (χ0v) is 12.1. The quantitative estimate of drug-likeness (QED) is 0.816. The average Bonchev–Trinajstić information content (AvgIpc) is 2.49. The maximum atomic E-state index is 9.38. The molecule has 0 saturated carbocycles. The van der Waals surface area contributed by atoms with Gasteiger partial charge in [0.05, 0.1) is 12.0 Å². The van der Waals surface area contributed by atoms with Crippen LogP contribution in [0.3, 0.4) is 0 Å². The molecular formula is C18H20N2. The number of rotatable bonds is 5. The molecule has 2 aromatic rings. The minimum Gasteiger partial charge on any atom is -0.378 e. The lowest BCUT2D eigenvalue weighted by atomic mass is 9.93. The Balaban J connectivity index is 2.03. The second-order valence-corrected chi connectivity index (χ2v) is 5.19. The first kappa shape index (κ1) is 14.1. The molecule has 0 aliphatic rings. The average molecular weight is 264 g/mol. The Labute approximate surface area is 121 Å². The summed E-state index contributed by atoms with van der Waals surface area (Å²) >= 11 is 0. The molecule has 0 amide bonds. The van der Waals surface area contributed by atoms with E-state index in [0.29, 0.717) is 0 Å². The van der Waals surface area contributed by atoms with Gasteiger partial charge in [-0.3, -0.25) is 0 Å². The SMILES string of the molecule is CN(C)c1ccc(C(C#N)CCc2ccccc2)cc1. The summed E-state index contributed by atoms with van der Waals surface area (Å²) in [5.41, 5.74) is 3.56. The van der Waals surface area contributed by atoms with E-state index in [-0.39, 0.29) is 5.92 Å². The van der Waals surface area contributed by atoms with Gasteiger partial charge in [0.15, 0.2) is 0 Å². The van der Waals surface area contributed by atoms with Crippen LogP contribution in [-0.2, 0) is 6.42 Å². The molecule has 1 unspecified atom stereocenters. The zero-order chi connectivity index (χ0) is 14.4. The summed E-state index contributed by atoms with van der Waals surface area (Å²) in [6.07, 6.45) is 1.80. The maximum absolute atomic E-state index is 9.38. The largest absolute Gasteiger partial charge is 0.378 e. The zero-order valence-electron chi connectivity index (χ0n) is 12.1. The summed E-state index contributed by atoms with van der Waals surface area (Å²) in [5, 5.41) is 9.38. The van der Waals surface area contributed by atoms with Crippen LogP contribution in [0.4, 0.5) is 5.69 Å². The van der Waals surface area contributed by atoms with Crippen LogP contribution in [0.5, 0.6) is 0 Å². The van der Waals surface area contributed by atoms with Gasteiger partial charge in [-0.2, -0.15) is 5.26 Å². The number of hydrogen-bond donors (Lipinski definition) is 0. The molecule has 0 aliphatic heterocycles. The van der Waals surface area contributed by atoms with Gasteiger partial charge in [0.25, 0.3) is 0 Å². The molecule has 0 radical (unpaired) electrons. The molecule has 0 spiro atoms. The van der Waals surface area contributed by atoms with Gasteiger partial charge in [0.2, 0.25) is 0 Å². The lowest BCUT2D eigenvalue weighted by Gasteiger charge is -2.14. The Bertz CT molecular complexity index is 565. The minimum absolute atomic E-state index is 0.0357. The summed E-state index contributed by atoms with van der Waals surface area (Å²) in [5.74, 6) is -0.0357. The van der Waals surface area contributed by atoms with Gasteiger partial charge in [-0.25, -0.2) is 0 Å². The van der Waals surface area contributed by atoms with Crippen LogP contribution in [0.15, 0.2) is 54.6 Å². The van der Waals surface area contributed by atoms with E-state index >= 15 is 0 Å². The molecule has 2 rings (SSSR count). The molecular weight excluding hydrogens is 244 g/mol. The normalized spacial score (nSPS) is 11.7. The van der Waals surface area contributed by atoms with Crippen molar-refractivity contribution < 1.29 is 0 Å². The predicted molar refractivity (Wildman–Crippen MR) is 83.9 cm³/mol. The van der Waals surface area contributed by atoms with Crippen LogP contribution >= 0.6 is 0 Å². The van der Waals surface area contributed by atoms with Crippen LogP contribution < -0.4 is 4.90 Å². The predicted octanol–water partition coefficient (Wildman–Crippen LogP) is 3.99. The standard InChI is InChI=1S/C18H20N2/c1-20(2)18-12-10-16(11-13-18)17(14-19)9-8-15-6-4-3-5-7-15/h3-7,10-13,17H,8-9H2,1-2H3. The Morgan fingerprint density at radius 1 is 1.00 bits per heavy atom. The molecule has 0 aliphatic carbocycles. The van der Waals surface area contributed by atoms with Gasteiger partial charge < -0.3 is 4.90 Å². The van der Waals surface area contributed by atoms with Crippen molar-refractivity contribution in [1.29, 1.82) is 5.26 Å². The fraction of sp³-hybridized carbons (Fsp3) is 0.278. The molecule has 0 aromatic heterocycles. The van der Waals surface area contributed by atoms with Gasteiger partial charge >= 0.3 is 0 Å². The first-order valence-corrected chi connectivity index (χ1v) is 6.91. The number of benzene rings is 2. The monoisotopic (exact) mass is 264 g/mol. The molecule has 0 bridgehead atoms. The van der Waals surface area contributed by atoms with Crippen molar-refractivity contribution in [3.8, 4) is 6.07 Å². The van der Waals surface area contributed by atoms with Gasteiger partial charge in [-0.15, -0.1) is 0 Å². The van der Waals surface area contributed by atoms with Crippen molar-refractivity contribution in [3.05, 3.63) is 65.7 Å². The van der Waals surface area contributed by atoms with Gasteiger partial charge in [0.1, 0.15) is 0 Å². The van der Waals surface area contributed by atoms with Crippen LogP contribution in [0.25, 0.3) is 0 Å². The third kappa shape index (κ3) is 3.61. The first-order chi connectivity index (χ1) is 9.70. The van der Waals surface area contributed by atoms with Crippen molar-refractivity contribution in [2.75, 3.05) is 19.0 Å². The van der Waals surface area contributed by atoms with Crippen LogP contribution in [0, 0.1) is 11.3 Å². The van der Waals surface area contributed by atoms with Crippen molar-refractivity contribution >= 4 is 5.69 Å². The fourth-order valence-corrected chi connectivity index (χ4v) is 2.27. The Kier molecular flexibility index (Phi) is 4.79. The molecule has 102 valence electrons. The molecule has 2 nitrogen and oxygen atoms in total. The van der Waals surface area contributed by atoms with E-state index < -0.39 is 0 Å². The van der Waals surface area contributed by atoms with Gasteiger partial charge in [-0.1, -0.05) is 42.5 Å². The Morgan fingerprint density at radius 2 is 1.65 bits per heavy atom. The van der Waals surface area contributed by atoms with Crippen LogP contribution in [0.2, 0.25) is 0 Å². The Morgan fingerprint density at radius 3 is 2.20 bits per heavy atom. The second-order valence-electron chi connectivity index (χ2n) is 5.19. The van der Waals surface area contributed by atoms with Crippen molar-refractivity contribution in [2.24, 2.45) is 0 Å². The number of aryl methyl sites for hydroxylation is 1. The van der Waals surface area contributed by atoms with Gasteiger partial charge in [-0.05, 0) is 36.1 Å². The number of nitriles is 1. The van der Waals surface area contributed by atoms with Crippen LogP contribution in [0.1, 0.15) is 23.5 Å². The summed E-state index contributed by atoms with van der Waals surface area (Å²) in [6, 6.07) is 21.0. The van der Waals surface area contributed by atoms with E-state index in [1.807, 2.05) is 32.3 Å². The second kappa shape index (κ2) is 6.77. The minimum atomic E-state index is -0.0357. The van der Waals surface area contributed by atoms with E-state index in [2.05, 4.69) is 47.4 Å². The molecule has 2 heteroatoms. The van der Waals surface area contributed by atoms with E-state index in [0.717, 1.165) is 24.1 Å². The van der Waals surface area contributed by atoms with Crippen molar-refractivity contribution in [3.63, 3.8) is 0 Å². The van der Waals surface area contributed by atoms with Gasteiger partial charge in [0, 0.05) is 19.8 Å². The lowest BCUT2D eigenvalue weighted by Crippen LogP contribution is -2.08. The lowest BCUT2D eigenvalue weighted by molar-refractivity contribution is 0.746. The number of hydrogen-bond acceptors (Lipinski definition) is 2. The van der Waals surface area contributed by atoms with E-state index in [1.165, 1.54) is 5.56 Å². The molecule has 20 heavy (non-hydrogen) atoms. The number of anilines is 1. The molecule has 0 heterocycles. The van der Waals surface area contributed by atoms with Crippen molar-refractivity contribution in [1.82, 2.24) is 0 Å². The molecule has 0 saturated heterocycles.